The van der Waals surface area contributed by atoms with Crippen LogP contribution in [0.15, 0.2) is 30.9 Å². The number of pyridine rings is 1. The minimum Gasteiger partial charge on any atom is -0.459 e. The first-order valence-electron chi connectivity index (χ1n) is 10.2. The Bertz CT molecular complexity index is 1050. The van der Waals surface area contributed by atoms with Gasteiger partial charge in [-0.05, 0) is 38.7 Å². The van der Waals surface area contributed by atoms with Crippen LogP contribution in [-0.2, 0) is 4.74 Å². The van der Waals surface area contributed by atoms with Crippen LogP contribution in [0.25, 0.3) is 22.2 Å². The van der Waals surface area contributed by atoms with Crippen molar-refractivity contribution in [3.05, 3.63) is 36.4 Å². The molecule has 7 nitrogen and oxygen atoms in total. The highest BCUT2D eigenvalue weighted by Gasteiger charge is 2.28. The molecular weight excluding hydrogens is 366 g/mol. The number of carbonyl (C=O) groups is 1. The molecule has 1 aliphatic carbocycles. The molecule has 0 amide bonds. The molecule has 3 heterocycles. The minimum atomic E-state index is -0.400. The standard InChI is InChI=1S/C22H25N5O2/c1-14(2)29-22(28)18-12-25-21-17(8-10-24-21)20(18)16-11-26-27(13-16)19(7-9-23)15-5-3-4-6-15/h8,10-15,19H,3-7H2,1-2H3,(H,24,25)/t19-/m0/s1. The third-order valence-electron chi connectivity index (χ3n) is 5.62. The number of hydrogen-bond donors (Lipinski definition) is 1. The molecule has 7 heteroatoms. The van der Waals surface area contributed by atoms with E-state index < -0.39 is 5.97 Å². The summed E-state index contributed by atoms with van der Waals surface area (Å²) in [7, 11) is 0. The highest BCUT2D eigenvalue weighted by Crippen LogP contribution is 2.37. The largest absolute Gasteiger partial charge is 0.459 e. The Balaban J connectivity index is 1.77. The van der Waals surface area contributed by atoms with Crippen molar-refractivity contribution < 1.29 is 9.53 Å². The number of rotatable bonds is 6. The van der Waals surface area contributed by atoms with Crippen LogP contribution >= 0.6 is 0 Å². The van der Waals surface area contributed by atoms with E-state index in [4.69, 9.17) is 4.74 Å². The molecule has 0 spiro atoms. The van der Waals surface area contributed by atoms with Gasteiger partial charge in [-0.3, -0.25) is 4.68 Å². The van der Waals surface area contributed by atoms with Crippen molar-refractivity contribution in [3.8, 4) is 17.2 Å². The van der Waals surface area contributed by atoms with Gasteiger partial charge in [0.05, 0.1) is 36.4 Å². The quantitative estimate of drug-likeness (QED) is 0.618. The average molecular weight is 391 g/mol. The summed E-state index contributed by atoms with van der Waals surface area (Å²) in [4.78, 5) is 20.2. The molecule has 0 aliphatic heterocycles. The van der Waals surface area contributed by atoms with Crippen molar-refractivity contribution in [3.63, 3.8) is 0 Å². The lowest BCUT2D eigenvalue weighted by atomic mass is 9.96. The van der Waals surface area contributed by atoms with Crippen LogP contribution in [-0.4, -0.2) is 31.8 Å². The molecule has 3 aromatic rings. The van der Waals surface area contributed by atoms with E-state index in [1.165, 1.54) is 12.8 Å². The maximum Gasteiger partial charge on any atom is 0.340 e. The number of nitrogens with one attached hydrogen (secondary N) is 1. The maximum atomic E-state index is 12.7. The summed E-state index contributed by atoms with van der Waals surface area (Å²) in [5.74, 6) is 0.0696. The Labute approximate surface area is 169 Å². The van der Waals surface area contributed by atoms with Gasteiger partial charge in [0.15, 0.2) is 0 Å². The summed E-state index contributed by atoms with van der Waals surface area (Å²) in [5, 5.41) is 14.8. The van der Waals surface area contributed by atoms with E-state index in [-0.39, 0.29) is 12.1 Å². The van der Waals surface area contributed by atoms with Gasteiger partial charge in [-0.15, -0.1) is 0 Å². The Morgan fingerprint density at radius 1 is 1.38 bits per heavy atom. The fourth-order valence-corrected chi connectivity index (χ4v) is 4.31. The molecule has 1 atom stereocenters. The van der Waals surface area contributed by atoms with Gasteiger partial charge in [0.2, 0.25) is 0 Å². The Hall–Kier alpha value is -3.14. The van der Waals surface area contributed by atoms with Crippen LogP contribution in [0.5, 0.6) is 0 Å². The third-order valence-corrected chi connectivity index (χ3v) is 5.62. The zero-order chi connectivity index (χ0) is 20.4. The number of nitrogens with zero attached hydrogens (tertiary/aromatic N) is 4. The molecule has 150 valence electrons. The maximum absolute atomic E-state index is 12.7. The van der Waals surface area contributed by atoms with Crippen molar-refractivity contribution in [2.45, 2.75) is 58.1 Å². The summed E-state index contributed by atoms with van der Waals surface area (Å²) in [6.45, 7) is 3.65. The molecule has 3 aromatic heterocycles. The first kappa shape index (κ1) is 19.2. The van der Waals surface area contributed by atoms with Gasteiger partial charge < -0.3 is 9.72 Å². The molecular formula is C22H25N5O2. The molecule has 1 saturated carbocycles. The van der Waals surface area contributed by atoms with Crippen molar-refractivity contribution in [1.29, 1.82) is 5.26 Å². The summed E-state index contributed by atoms with van der Waals surface area (Å²) >= 11 is 0. The number of hydrogen-bond acceptors (Lipinski definition) is 5. The van der Waals surface area contributed by atoms with Gasteiger partial charge in [-0.1, -0.05) is 12.8 Å². The Morgan fingerprint density at radius 2 is 2.17 bits per heavy atom. The molecule has 1 aliphatic rings. The minimum absolute atomic E-state index is 0.0610. The lowest BCUT2D eigenvalue weighted by molar-refractivity contribution is 0.0378. The number of esters is 1. The molecule has 4 rings (SSSR count). The van der Waals surface area contributed by atoms with Crippen molar-refractivity contribution in [1.82, 2.24) is 19.7 Å². The predicted octanol–water partition coefficient (Wildman–Crippen LogP) is 4.64. The first-order valence-corrected chi connectivity index (χ1v) is 10.2. The molecule has 1 fully saturated rings. The summed E-state index contributed by atoms with van der Waals surface area (Å²) < 4.78 is 7.35. The third kappa shape index (κ3) is 3.75. The van der Waals surface area contributed by atoms with E-state index in [0.717, 1.165) is 29.4 Å². The summed E-state index contributed by atoms with van der Waals surface area (Å²) in [6, 6.07) is 4.29. The van der Waals surface area contributed by atoms with Gasteiger partial charge in [0.1, 0.15) is 5.65 Å². The lowest BCUT2D eigenvalue weighted by Crippen LogP contribution is -2.17. The number of H-pyrrole nitrogens is 1. The number of aromatic amines is 1. The highest BCUT2D eigenvalue weighted by molar-refractivity contribution is 6.06. The van der Waals surface area contributed by atoms with Gasteiger partial charge in [0, 0.05) is 35.1 Å². The van der Waals surface area contributed by atoms with Gasteiger partial charge in [-0.2, -0.15) is 10.4 Å². The molecule has 29 heavy (non-hydrogen) atoms. The average Bonchev–Trinajstić information content (AvgIpc) is 3.46. The number of carbonyl (C=O) groups excluding carboxylic acids is 1. The van der Waals surface area contributed by atoms with Crippen molar-refractivity contribution in [2.75, 3.05) is 0 Å². The van der Waals surface area contributed by atoms with Crippen LogP contribution < -0.4 is 0 Å². The zero-order valence-electron chi connectivity index (χ0n) is 16.8. The summed E-state index contributed by atoms with van der Waals surface area (Å²) in [5.41, 5.74) is 2.71. The number of aromatic nitrogens is 4. The molecule has 1 N–H and O–H groups in total. The topological polar surface area (TPSA) is 96.6 Å². The smallest absolute Gasteiger partial charge is 0.340 e. The highest BCUT2D eigenvalue weighted by atomic mass is 16.5. The van der Waals surface area contributed by atoms with Crippen molar-refractivity contribution in [2.24, 2.45) is 5.92 Å². The zero-order valence-corrected chi connectivity index (χ0v) is 16.8. The Morgan fingerprint density at radius 3 is 2.90 bits per heavy atom. The van der Waals surface area contributed by atoms with E-state index >= 15 is 0 Å². The van der Waals surface area contributed by atoms with Crippen LogP contribution in [0.4, 0.5) is 0 Å². The second-order valence-electron chi connectivity index (χ2n) is 7.92. The lowest BCUT2D eigenvalue weighted by Gasteiger charge is -2.21. The predicted molar refractivity (Wildman–Crippen MR) is 109 cm³/mol. The van der Waals surface area contributed by atoms with E-state index in [1.54, 1.807) is 18.6 Å². The fraction of sp³-hybridized carbons (Fsp3) is 0.455. The number of nitriles is 1. The second-order valence-corrected chi connectivity index (χ2v) is 7.92. The van der Waals surface area contributed by atoms with Gasteiger partial charge >= 0.3 is 5.97 Å². The SMILES string of the molecule is CC(C)OC(=O)c1cnc2[nH]ccc2c1-c1cnn([C@@H](CC#N)C2CCCC2)c1. The molecule has 0 saturated heterocycles. The van der Waals surface area contributed by atoms with Crippen molar-refractivity contribution >= 4 is 17.0 Å². The molecule has 0 aromatic carbocycles. The Kier molecular flexibility index (Phi) is 5.34. The van der Waals surface area contributed by atoms with E-state index in [0.29, 0.717) is 23.5 Å². The molecule has 0 radical (unpaired) electrons. The van der Waals surface area contributed by atoms with E-state index in [1.807, 2.05) is 30.8 Å². The van der Waals surface area contributed by atoms with E-state index in [2.05, 4.69) is 21.1 Å². The number of ether oxygens (including phenoxy) is 1. The molecule has 0 unspecified atom stereocenters. The van der Waals surface area contributed by atoms with Crippen LogP contribution in [0.1, 0.15) is 62.4 Å². The van der Waals surface area contributed by atoms with Gasteiger partial charge in [-0.25, -0.2) is 9.78 Å². The van der Waals surface area contributed by atoms with Crippen LogP contribution in [0.2, 0.25) is 0 Å². The second kappa shape index (κ2) is 8.08. The molecule has 0 bridgehead atoms. The summed E-state index contributed by atoms with van der Waals surface area (Å²) in [6.07, 6.45) is 12.0. The first-order chi connectivity index (χ1) is 14.1. The monoisotopic (exact) mass is 391 g/mol. The fourth-order valence-electron chi connectivity index (χ4n) is 4.31. The van der Waals surface area contributed by atoms with Crippen LogP contribution in [0, 0.1) is 17.2 Å². The normalized spacial score (nSPS) is 15.7. The van der Waals surface area contributed by atoms with Gasteiger partial charge in [0.25, 0.3) is 0 Å². The van der Waals surface area contributed by atoms with Crippen LogP contribution in [0.3, 0.4) is 0 Å². The van der Waals surface area contributed by atoms with E-state index in [9.17, 15) is 10.1 Å². The number of fused-ring (bicyclic) bond motifs is 1.